The number of fused-ring (bicyclic) bond motifs is 1. The number of nitrogens with zero attached hydrogens (tertiary/aromatic N) is 2. The molecule has 0 aliphatic carbocycles. The Morgan fingerprint density at radius 1 is 0.909 bits per heavy atom. The summed E-state index contributed by atoms with van der Waals surface area (Å²) in [7, 11) is 0. The normalized spacial score (nSPS) is 20.0. The Kier molecular flexibility index (Phi) is 3.04. The van der Waals surface area contributed by atoms with E-state index in [9.17, 15) is 0 Å². The largest absolute Gasteiger partial charge is 0.325 e. The van der Waals surface area contributed by atoms with Crippen LogP contribution in [-0.4, -0.2) is 4.90 Å². The summed E-state index contributed by atoms with van der Waals surface area (Å²) < 4.78 is 0. The van der Waals surface area contributed by atoms with Gasteiger partial charge < -0.3 is 9.80 Å². The van der Waals surface area contributed by atoms with Gasteiger partial charge in [0, 0.05) is 29.7 Å². The van der Waals surface area contributed by atoms with Crippen LogP contribution in [0.5, 0.6) is 0 Å². The van der Waals surface area contributed by atoms with Gasteiger partial charge in [-0.3, -0.25) is 0 Å². The summed E-state index contributed by atoms with van der Waals surface area (Å²) >= 11 is 0. The second kappa shape index (κ2) is 5.06. The predicted octanol–water partition coefficient (Wildman–Crippen LogP) is 4.96. The molecule has 0 saturated carbocycles. The van der Waals surface area contributed by atoms with Crippen molar-refractivity contribution in [2.24, 2.45) is 0 Å². The first-order chi connectivity index (χ1) is 10.8. The van der Waals surface area contributed by atoms with Crippen molar-refractivity contribution in [1.29, 1.82) is 0 Å². The van der Waals surface area contributed by atoms with Gasteiger partial charge >= 0.3 is 0 Å². The molecule has 2 nitrogen and oxygen atoms in total. The molecule has 0 fully saturated rings. The summed E-state index contributed by atoms with van der Waals surface area (Å²) in [4.78, 5) is 4.89. The lowest BCUT2D eigenvalue weighted by Crippen LogP contribution is -2.29. The second-order valence-electron chi connectivity index (χ2n) is 5.97. The van der Waals surface area contributed by atoms with Crippen molar-refractivity contribution in [2.45, 2.75) is 26.4 Å². The molecule has 0 spiro atoms. The van der Waals surface area contributed by atoms with Gasteiger partial charge in [-0.25, -0.2) is 0 Å². The number of hydrogen-bond acceptors (Lipinski definition) is 2. The van der Waals surface area contributed by atoms with Gasteiger partial charge in [-0.2, -0.15) is 0 Å². The molecule has 0 N–H and O–H groups in total. The van der Waals surface area contributed by atoms with Gasteiger partial charge in [0.15, 0.2) is 0 Å². The number of benzene rings is 2. The maximum absolute atomic E-state index is 2.48. The van der Waals surface area contributed by atoms with Crippen LogP contribution in [0.2, 0.25) is 0 Å². The summed E-state index contributed by atoms with van der Waals surface area (Å²) in [5.74, 6) is 0. The van der Waals surface area contributed by atoms with Gasteiger partial charge in [0.05, 0.1) is 0 Å². The van der Waals surface area contributed by atoms with Crippen LogP contribution in [0.3, 0.4) is 0 Å². The fourth-order valence-corrected chi connectivity index (χ4v) is 3.56. The molecule has 0 saturated heterocycles. The molecule has 4 rings (SSSR count). The highest BCUT2D eigenvalue weighted by atomic mass is 15.4. The van der Waals surface area contributed by atoms with Crippen LogP contribution >= 0.6 is 0 Å². The molecule has 2 aromatic rings. The molecule has 0 aromatic heterocycles. The molecule has 110 valence electrons. The standard InChI is InChI=1S/C20H20N2/c1-15-9-6-7-12-18(15)22-16(2)19-13-8-14-21(19)20(22)17-10-4-3-5-11-17/h3-12,14,20H,13H2,1-2H3. The van der Waals surface area contributed by atoms with Crippen molar-refractivity contribution >= 4 is 5.69 Å². The zero-order valence-corrected chi connectivity index (χ0v) is 13.0. The minimum absolute atomic E-state index is 0.219. The Labute approximate surface area is 132 Å². The van der Waals surface area contributed by atoms with E-state index in [1.165, 1.54) is 28.2 Å². The van der Waals surface area contributed by atoms with E-state index in [1.54, 1.807) is 0 Å². The SMILES string of the molecule is CC1=C2CC=CN2C(c2ccccc2)N1c1ccccc1C. The van der Waals surface area contributed by atoms with Gasteiger partial charge in [0.1, 0.15) is 6.17 Å². The molecule has 2 heteroatoms. The third-order valence-corrected chi connectivity index (χ3v) is 4.65. The van der Waals surface area contributed by atoms with E-state index in [0.29, 0.717) is 0 Å². The van der Waals surface area contributed by atoms with Crippen molar-refractivity contribution in [3.63, 3.8) is 0 Å². The Morgan fingerprint density at radius 2 is 1.64 bits per heavy atom. The average molecular weight is 288 g/mol. The molecule has 2 aliphatic heterocycles. The zero-order chi connectivity index (χ0) is 15.1. The van der Waals surface area contributed by atoms with E-state index in [-0.39, 0.29) is 6.17 Å². The van der Waals surface area contributed by atoms with Crippen LogP contribution in [0.4, 0.5) is 5.69 Å². The molecule has 0 amide bonds. The number of anilines is 1. The molecule has 1 unspecified atom stereocenters. The van der Waals surface area contributed by atoms with Crippen molar-refractivity contribution in [3.05, 3.63) is 89.4 Å². The van der Waals surface area contributed by atoms with E-state index >= 15 is 0 Å². The van der Waals surface area contributed by atoms with Crippen molar-refractivity contribution in [3.8, 4) is 0 Å². The van der Waals surface area contributed by atoms with Gasteiger partial charge in [0.2, 0.25) is 0 Å². The van der Waals surface area contributed by atoms with Gasteiger partial charge in [-0.15, -0.1) is 0 Å². The first-order valence-corrected chi connectivity index (χ1v) is 7.82. The smallest absolute Gasteiger partial charge is 0.136 e. The third kappa shape index (κ3) is 1.87. The molecule has 2 heterocycles. The Hall–Kier alpha value is -2.48. The average Bonchev–Trinajstić information content (AvgIpc) is 3.11. The number of hydrogen-bond donors (Lipinski definition) is 0. The summed E-state index contributed by atoms with van der Waals surface area (Å²) in [5, 5.41) is 0. The fourth-order valence-electron chi connectivity index (χ4n) is 3.56. The first-order valence-electron chi connectivity index (χ1n) is 7.82. The topological polar surface area (TPSA) is 6.48 Å². The lowest BCUT2D eigenvalue weighted by atomic mass is 10.1. The monoisotopic (exact) mass is 288 g/mol. The fraction of sp³-hybridized carbons (Fsp3) is 0.200. The molecule has 2 aromatic carbocycles. The molecular weight excluding hydrogens is 268 g/mol. The zero-order valence-electron chi connectivity index (χ0n) is 13.0. The summed E-state index contributed by atoms with van der Waals surface area (Å²) in [6.07, 6.45) is 5.73. The molecule has 22 heavy (non-hydrogen) atoms. The van der Waals surface area contributed by atoms with Crippen molar-refractivity contribution in [1.82, 2.24) is 4.90 Å². The quantitative estimate of drug-likeness (QED) is 0.770. The lowest BCUT2D eigenvalue weighted by molar-refractivity contribution is 0.390. The lowest BCUT2D eigenvalue weighted by Gasteiger charge is -2.33. The highest BCUT2D eigenvalue weighted by molar-refractivity contribution is 5.62. The van der Waals surface area contributed by atoms with Crippen LogP contribution in [0.25, 0.3) is 0 Å². The highest BCUT2D eigenvalue weighted by Gasteiger charge is 2.38. The van der Waals surface area contributed by atoms with Gasteiger partial charge in [-0.05, 0) is 31.0 Å². The van der Waals surface area contributed by atoms with Crippen LogP contribution in [0, 0.1) is 6.92 Å². The highest BCUT2D eigenvalue weighted by Crippen LogP contribution is 2.46. The van der Waals surface area contributed by atoms with Crippen LogP contribution in [-0.2, 0) is 0 Å². The molecule has 2 aliphatic rings. The summed E-state index contributed by atoms with van der Waals surface area (Å²) in [6, 6.07) is 19.4. The maximum Gasteiger partial charge on any atom is 0.136 e. The Bertz CT molecular complexity index is 758. The number of rotatable bonds is 2. The van der Waals surface area contributed by atoms with E-state index in [1.807, 2.05) is 0 Å². The van der Waals surface area contributed by atoms with Crippen molar-refractivity contribution < 1.29 is 0 Å². The number of allylic oxidation sites excluding steroid dienone is 2. The Morgan fingerprint density at radius 3 is 2.41 bits per heavy atom. The van der Waals surface area contributed by atoms with Gasteiger partial charge in [0.25, 0.3) is 0 Å². The molecule has 0 radical (unpaired) electrons. The molecule has 0 bridgehead atoms. The molecular formula is C20H20N2. The van der Waals surface area contributed by atoms with Gasteiger partial charge in [-0.1, -0.05) is 54.6 Å². The summed E-state index contributed by atoms with van der Waals surface area (Å²) in [6.45, 7) is 4.43. The van der Waals surface area contributed by atoms with E-state index in [0.717, 1.165) is 6.42 Å². The minimum Gasteiger partial charge on any atom is -0.325 e. The third-order valence-electron chi connectivity index (χ3n) is 4.65. The molecule has 1 atom stereocenters. The minimum atomic E-state index is 0.219. The number of aryl methyl sites for hydroxylation is 1. The van der Waals surface area contributed by atoms with E-state index in [4.69, 9.17) is 0 Å². The van der Waals surface area contributed by atoms with E-state index in [2.05, 4.69) is 90.5 Å². The van der Waals surface area contributed by atoms with E-state index < -0.39 is 0 Å². The Balaban J connectivity index is 1.87. The van der Waals surface area contributed by atoms with Crippen LogP contribution in [0.1, 0.15) is 30.6 Å². The predicted molar refractivity (Wildman–Crippen MR) is 91.1 cm³/mol. The number of para-hydroxylation sites is 1. The first kappa shape index (κ1) is 13.2. The maximum atomic E-state index is 2.48. The summed E-state index contributed by atoms with van der Waals surface area (Å²) in [5.41, 5.74) is 6.70. The van der Waals surface area contributed by atoms with Crippen LogP contribution < -0.4 is 4.90 Å². The van der Waals surface area contributed by atoms with Crippen molar-refractivity contribution in [2.75, 3.05) is 4.90 Å². The second-order valence-corrected chi connectivity index (χ2v) is 5.97. The van der Waals surface area contributed by atoms with Crippen LogP contribution in [0.15, 0.2) is 78.3 Å².